The van der Waals surface area contributed by atoms with E-state index in [1.54, 1.807) is 0 Å². The number of hydrogen-bond donors (Lipinski definition) is 1. The van der Waals surface area contributed by atoms with Crippen LogP contribution in [0.25, 0.3) is 11.3 Å². The van der Waals surface area contributed by atoms with Crippen LogP contribution < -0.4 is 0 Å². The van der Waals surface area contributed by atoms with Gasteiger partial charge < -0.3 is 4.90 Å². The van der Waals surface area contributed by atoms with Crippen LogP contribution in [-0.4, -0.2) is 27.5 Å². The van der Waals surface area contributed by atoms with Crippen LogP contribution in [0.4, 0.5) is 0 Å². The summed E-state index contributed by atoms with van der Waals surface area (Å²) >= 11 is 9.55. The maximum absolute atomic E-state index is 13.2. The minimum absolute atomic E-state index is 0.0201. The van der Waals surface area contributed by atoms with Crippen LogP contribution in [0, 0.1) is 0 Å². The lowest BCUT2D eigenvalue weighted by atomic mass is 9.96. The van der Waals surface area contributed by atoms with E-state index in [1.807, 2.05) is 41.3 Å². The fourth-order valence-electron chi connectivity index (χ4n) is 3.78. The fourth-order valence-corrected chi connectivity index (χ4v) is 4.17. The Morgan fingerprint density at radius 2 is 1.82 bits per heavy atom. The van der Waals surface area contributed by atoms with Gasteiger partial charge in [0.25, 0.3) is 5.91 Å². The van der Waals surface area contributed by atoms with E-state index in [-0.39, 0.29) is 11.9 Å². The Bertz CT molecular complexity index is 982. The number of unbranched alkanes of at least 4 members (excludes halogenated alkanes) is 2. The standard InChI is InChI=1S/C22H21BrClN3O/c1-2-3-4-13-27-21(15-5-9-16(23)10-6-15)18-19(25-26-20(18)22(27)28)14-7-11-17(24)12-8-14/h5-12,21H,2-4,13H2,1H3,(H,25,26). The summed E-state index contributed by atoms with van der Waals surface area (Å²) in [7, 11) is 0. The first-order chi connectivity index (χ1) is 13.6. The van der Waals surface area contributed by atoms with E-state index < -0.39 is 0 Å². The lowest BCUT2D eigenvalue weighted by molar-refractivity contribution is 0.0740. The smallest absolute Gasteiger partial charge is 0.273 e. The topological polar surface area (TPSA) is 49.0 Å². The lowest BCUT2D eigenvalue weighted by Crippen LogP contribution is -2.30. The largest absolute Gasteiger partial charge is 0.326 e. The Labute approximate surface area is 178 Å². The van der Waals surface area contributed by atoms with Crippen LogP contribution >= 0.6 is 27.5 Å². The van der Waals surface area contributed by atoms with Crippen LogP contribution in [0.15, 0.2) is 53.0 Å². The Morgan fingerprint density at radius 3 is 2.50 bits per heavy atom. The van der Waals surface area contributed by atoms with Crippen molar-refractivity contribution in [2.45, 2.75) is 32.2 Å². The summed E-state index contributed by atoms with van der Waals surface area (Å²) < 4.78 is 1.02. The number of aromatic amines is 1. The molecule has 1 atom stereocenters. The number of amides is 1. The van der Waals surface area contributed by atoms with Crippen LogP contribution in [0.5, 0.6) is 0 Å². The van der Waals surface area contributed by atoms with Crippen molar-refractivity contribution in [2.24, 2.45) is 0 Å². The molecule has 28 heavy (non-hydrogen) atoms. The summed E-state index contributed by atoms with van der Waals surface area (Å²) in [4.78, 5) is 15.1. The molecule has 0 bridgehead atoms. The molecule has 2 aromatic carbocycles. The number of rotatable bonds is 6. The van der Waals surface area contributed by atoms with Crippen LogP contribution in [0.1, 0.15) is 53.8 Å². The summed E-state index contributed by atoms with van der Waals surface area (Å²) in [5.41, 5.74) is 4.39. The van der Waals surface area contributed by atoms with Gasteiger partial charge in [-0.3, -0.25) is 9.89 Å². The maximum atomic E-state index is 13.2. The monoisotopic (exact) mass is 457 g/mol. The normalized spacial score (nSPS) is 15.9. The number of nitrogens with one attached hydrogen (secondary N) is 1. The number of halogens is 2. The number of carbonyl (C=O) groups excluding carboxylic acids is 1. The summed E-state index contributed by atoms with van der Waals surface area (Å²) in [5.74, 6) is 0.0201. The van der Waals surface area contributed by atoms with E-state index in [4.69, 9.17) is 11.6 Å². The van der Waals surface area contributed by atoms with Gasteiger partial charge in [0, 0.05) is 27.2 Å². The zero-order valence-corrected chi connectivity index (χ0v) is 17.9. The van der Waals surface area contributed by atoms with E-state index in [0.717, 1.165) is 52.7 Å². The second kappa shape index (κ2) is 8.10. The molecule has 3 aromatic rings. The van der Waals surface area contributed by atoms with Gasteiger partial charge in [0.15, 0.2) is 0 Å². The quantitative estimate of drug-likeness (QED) is 0.445. The fraction of sp³-hybridized carbons (Fsp3) is 0.273. The second-order valence-electron chi connectivity index (χ2n) is 7.03. The summed E-state index contributed by atoms with van der Waals surface area (Å²) in [6.07, 6.45) is 3.21. The van der Waals surface area contributed by atoms with E-state index in [0.29, 0.717) is 10.7 Å². The molecule has 0 fully saturated rings. The molecule has 0 spiro atoms. The molecular formula is C22H21BrClN3O. The van der Waals surface area contributed by atoms with Crippen molar-refractivity contribution in [2.75, 3.05) is 6.54 Å². The van der Waals surface area contributed by atoms with Gasteiger partial charge in [-0.05, 0) is 36.2 Å². The Balaban J connectivity index is 1.80. The number of nitrogens with zero attached hydrogens (tertiary/aromatic N) is 2. The summed E-state index contributed by atoms with van der Waals surface area (Å²) in [6.45, 7) is 2.90. The molecule has 1 aliphatic rings. The van der Waals surface area contributed by atoms with E-state index in [1.165, 1.54) is 0 Å². The molecule has 2 heterocycles. The summed E-state index contributed by atoms with van der Waals surface area (Å²) in [6, 6.07) is 15.6. The second-order valence-corrected chi connectivity index (χ2v) is 8.38. The van der Waals surface area contributed by atoms with Gasteiger partial charge in [0.05, 0.1) is 11.7 Å². The van der Waals surface area contributed by atoms with Crippen LogP contribution in [0.3, 0.4) is 0 Å². The van der Waals surface area contributed by atoms with Crippen molar-refractivity contribution in [3.05, 3.63) is 74.8 Å². The van der Waals surface area contributed by atoms with Crippen molar-refractivity contribution in [1.29, 1.82) is 0 Å². The molecule has 0 saturated carbocycles. The molecule has 6 heteroatoms. The molecule has 0 radical (unpaired) electrons. The minimum atomic E-state index is -0.142. The van der Waals surface area contributed by atoms with Gasteiger partial charge >= 0.3 is 0 Å². The number of aromatic nitrogens is 2. The highest BCUT2D eigenvalue weighted by Crippen LogP contribution is 2.43. The molecule has 1 amide bonds. The third-order valence-electron chi connectivity index (χ3n) is 5.17. The highest BCUT2D eigenvalue weighted by molar-refractivity contribution is 9.10. The highest BCUT2D eigenvalue weighted by atomic mass is 79.9. The highest BCUT2D eigenvalue weighted by Gasteiger charge is 2.41. The van der Waals surface area contributed by atoms with Crippen molar-refractivity contribution in [3.63, 3.8) is 0 Å². The van der Waals surface area contributed by atoms with Gasteiger partial charge in [0.1, 0.15) is 5.69 Å². The third-order valence-corrected chi connectivity index (χ3v) is 5.95. The number of fused-ring (bicyclic) bond motifs is 1. The van der Waals surface area contributed by atoms with Gasteiger partial charge in [-0.25, -0.2) is 0 Å². The third kappa shape index (κ3) is 3.49. The first-order valence-corrected chi connectivity index (χ1v) is 10.7. The zero-order valence-electron chi connectivity index (χ0n) is 15.6. The average Bonchev–Trinajstić information content (AvgIpc) is 3.23. The number of benzene rings is 2. The average molecular weight is 459 g/mol. The molecule has 0 aliphatic carbocycles. The van der Waals surface area contributed by atoms with Gasteiger partial charge in [-0.15, -0.1) is 0 Å². The molecule has 1 N–H and O–H groups in total. The van der Waals surface area contributed by atoms with Crippen LogP contribution in [-0.2, 0) is 0 Å². The first kappa shape index (κ1) is 19.2. The Hall–Kier alpha value is -2.11. The van der Waals surface area contributed by atoms with Crippen molar-refractivity contribution in [3.8, 4) is 11.3 Å². The Kier molecular flexibility index (Phi) is 5.56. The molecule has 144 valence electrons. The van der Waals surface area contributed by atoms with E-state index in [9.17, 15) is 4.79 Å². The SMILES string of the molecule is CCCCCN1C(=O)c2[nH]nc(-c3ccc(Cl)cc3)c2C1c1ccc(Br)cc1. The minimum Gasteiger partial charge on any atom is -0.326 e. The van der Waals surface area contributed by atoms with E-state index >= 15 is 0 Å². The number of carbonyl (C=O) groups is 1. The molecule has 4 rings (SSSR count). The predicted molar refractivity (Wildman–Crippen MR) is 116 cm³/mol. The lowest BCUT2D eigenvalue weighted by Gasteiger charge is -2.26. The van der Waals surface area contributed by atoms with Crippen LogP contribution in [0.2, 0.25) is 5.02 Å². The van der Waals surface area contributed by atoms with Crippen molar-refractivity contribution < 1.29 is 4.79 Å². The van der Waals surface area contributed by atoms with Crippen molar-refractivity contribution in [1.82, 2.24) is 15.1 Å². The Morgan fingerprint density at radius 1 is 1.11 bits per heavy atom. The maximum Gasteiger partial charge on any atom is 0.273 e. The number of hydrogen-bond acceptors (Lipinski definition) is 2. The first-order valence-electron chi connectivity index (χ1n) is 9.50. The van der Waals surface area contributed by atoms with Crippen molar-refractivity contribution >= 4 is 33.4 Å². The van der Waals surface area contributed by atoms with Gasteiger partial charge in [-0.2, -0.15) is 5.10 Å². The zero-order chi connectivity index (χ0) is 19.7. The molecule has 4 nitrogen and oxygen atoms in total. The van der Waals surface area contributed by atoms with E-state index in [2.05, 4.69) is 45.2 Å². The molecule has 1 aliphatic heterocycles. The molecule has 1 aromatic heterocycles. The van der Waals surface area contributed by atoms with Gasteiger partial charge in [0.2, 0.25) is 0 Å². The summed E-state index contributed by atoms with van der Waals surface area (Å²) in [5, 5.41) is 8.16. The molecule has 1 unspecified atom stereocenters. The molecule has 0 saturated heterocycles. The van der Waals surface area contributed by atoms with Gasteiger partial charge in [-0.1, -0.05) is 71.6 Å². The number of H-pyrrole nitrogens is 1. The predicted octanol–water partition coefficient (Wildman–Crippen LogP) is 6.23. The molecular weight excluding hydrogens is 438 g/mol.